The molecular formula is C29H29F4N7O3. The van der Waals surface area contributed by atoms with Gasteiger partial charge in [-0.2, -0.15) is 0 Å². The number of likely N-dealkylation sites (N-methyl/N-ethyl adjacent to an activating group) is 1. The predicted molar refractivity (Wildman–Crippen MR) is 156 cm³/mol. The van der Waals surface area contributed by atoms with Gasteiger partial charge in [-0.3, -0.25) is 4.79 Å². The van der Waals surface area contributed by atoms with Crippen molar-refractivity contribution in [3.05, 3.63) is 64.2 Å². The number of H-pyrrole nitrogens is 1. The van der Waals surface area contributed by atoms with Crippen LogP contribution in [0.4, 0.5) is 23.2 Å². The van der Waals surface area contributed by atoms with Crippen molar-refractivity contribution in [1.82, 2.24) is 29.7 Å². The Balaban J connectivity index is 0.000000463. The molecule has 6 rings (SSSR count). The lowest BCUT2D eigenvalue weighted by Gasteiger charge is -2.15. The zero-order valence-electron chi connectivity index (χ0n) is 23.6. The molecule has 0 aliphatic carbocycles. The number of aromatic amines is 1. The van der Waals surface area contributed by atoms with E-state index in [2.05, 4.69) is 25.6 Å². The molecule has 0 saturated carbocycles. The van der Waals surface area contributed by atoms with Crippen LogP contribution in [0.1, 0.15) is 16.8 Å². The number of hydrogen-bond acceptors (Lipinski definition) is 7. The Morgan fingerprint density at radius 3 is 2.42 bits per heavy atom. The van der Waals surface area contributed by atoms with E-state index >= 15 is 0 Å². The van der Waals surface area contributed by atoms with Gasteiger partial charge in [0, 0.05) is 79.7 Å². The van der Waals surface area contributed by atoms with Gasteiger partial charge >= 0.3 is 5.97 Å². The first-order valence-corrected chi connectivity index (χ1v) is 13.4. The molecule has 1 aromatic carbocycles. The second kappa shape index (κ2) is 11.6. The number of carbonyl (C=O) groups is 1. The summed E-state index contributed by atoms with van der Waals surface area (Å²) in [6.07, 6.45) is 4.38. The number of aromatic carboxylic acids is 1. The third kappa shape index (κ3) is 5.88. The molecule has 0 spiro atoms. The monoisotopic (exact) mass is 599 g/mol. The Labute approximate surface area is 242 Å². The summed E-state index contributed by atoms with van der Waals surface area (Å²) >= 11 is 0. The van der Waals surface area contributed by atoms with Crippen LogP contribution in [0.25, 0.3) is 44.1 Å². The number of alkyl halides is 2. The standard InChI is InChI=1S/C25H22F2N6O3.C4H7F2N/c1-28-18-8-17(26)20(27)19-14-6-12(9-29-23(14)31-21(18)19)13-7-15-22(34)16(25(35)36)11-33(5-4-32(2)3)24(15)30-10-13;5-4(6)1-2-7-3-4/h6-11,28H,4-5H2,1-3H3,(H,29,31)(H,35,36);7H,1-3H2. The van der Waals surface area contributed by atoms with E-state index in [9.17, 15) is 32.3 Å². The molecule has 4 N–H and O–H groups in total. The molecule has 0 atom stereocenters. The summed E-state index contributed by atoms with van der Waals surface area (Å²) in [7, 11) is 5.38. The van der Waals surface area contributed by atoms with Gasteiger partial charge in [-0.05, 0) is 26.2 Å². The molecule has 14 heteroatoms. The molecule has 0 bridgehead atoms. The second-order valence-corrected chi connectivity index (χ2v) is 10.5. The van der Waals surface area contributed by atoms with Crippen LogP contribution in [-0.4, -0.2) is 82.2 Å². The molecule has 1 saturated heterocycles. The van der Waals surface area contributed by atoms with Gasteiger partial charge in [0.1, 0.15) is 16.9 Å². The van der Waals surface area contributed by atoms with E-state index in [1.54, 1.807) is 29.9 Å². The van der Waals surface area contributed by atoms with Crippen LogP contribution >= 0.6 is 0 Å². The number of carboxylic acid groups (broad SMARTS) is 1. The first-order valence-electron chi connectivity index (χ1n) is 13.4. The molecule has 0 unspecified atom stereocenters. The van der Waals surface area contributed by atoms with Gasteiger partial charge < -0.3 is 30.2 Å². The van der Waals surface area contributed by atoms with Crippen molar-refractivity contribution in [3.63, 3.8) is 0 Å². The number of aromatic nitrogens is 4. The van der Waals surface area contributed by atoms with Crippen molar-refractivity contribution in [2.24, 2.45) is 0 Å². The fourth-order valence-corrected chi connectivity index (χ4v) is 4.93. The lowest BCUT2D eigenvalue weighted by Crippen LogP contribution is -2.23. The van der Waals surface area contributed by atoms with Crippen LogP contribution in [0.15, 0.2) is 41.6 Å². The Morgan fingerprint density at radius 1 is 1.14 bits per heavy atom. The van der Waals surface area contributed by atoms with Crippen LogP contribution < -0.4 is 16.1 Å². The lowest BCUT2D eigenvalue weighted by atomic mass is 10.0. The van der Waals surface area contributed by atoms with E-state index in [-0.39, 0.29) is 29.3 Å². The zero-order chi connectivity index (χ0) is 31.1. The van der Waals surface area contributed by atoms with Crippen LogP contribution in [0.3, 0.4) is 0 Å². The topological polar surface area (TPSA) is 128 Å². The van der Waals surface area contributed by atoms with Crippen molar-refractivity contribution in [3.8, 4) is 11.1 Å². The summed E-state index contributed by atoms with van der Waals surface area (Å²) < 4.78 is 54.5. The smallest absolute Gasteiger partial charge is 0.341 e. The lowest BCUT2D eigenvalue weighted by molar-refractivity contribution is 0.0237. The normalized spacial score (nSPS) is 14.4. The average Bonchev–Trinajstić information content (AvgIpc) is 3.56. The van der Waals surface area contributed by atoms with Crippen LogP contribution in [0, 0.1) is 11.6 Å². The van der Waals surface area contributed by atoms with Crippen molar-refractivity contribution in [2.75, 3.05) is 46.1 Å². The Morgan fingerprint density at radius 2 is 1.84 bits per heavy atom. The quantitative estimate of drug-likeness (QED) is 0.213. The number of pyridine rings is 3. The van der Waals surface area contributed by atoms with Gasteiger partial charge in [0.05, 0.1) is 23.1 Å². The zero-order valence-corrected chi connectivity index (χ0v) is 23.6. The number of nitrogens with one attached hydrogen (secondary N) is 3. The summed E-state index contributed by atoms with van der Waals surface area (Å²) in [6.45, 7) is 1.37. The molecule has 226 valence electrons. The Hall–Kier alpha value is -4.56. The SMILES string of the molecule is CNc1cc(F)c(F)c2c1[nH]c1ncc(-c3cnc4c(c3)c(=O)c(C(=O)O)cn4CCN(C)C)cc12.FC1(F)CCNC1. The van der Waals surface area contributed by atoms with Gasteiger partial charge in [-0.25, -0.2) is 32.3 Å². The minimum absolute atomic E-state index is 0.00694. The average molecular weight is 600 g/mol. The molecule has 0 radical (unpaired) electrons. The summed E-state index contributed by atoms with van der Waals surface area (Å²) in [6, 6.07) is 4.26. The number of carboxylic acids is 1. The largest absolute Gasteiger partial charge is 0.477 e. The molecular weight excluding hydrogens is 570 g/mol. The fourth-order valence-electron chi connectivity index (χ4n) is 4.93. The van der Waals surface area contributed by atoms with Crippen LogP contribution in [-0.2, 0) is 6.54 Å². The maximum Gasteiger partial charge on any atom is 0.341 e. The van der Waals surface area contributed by atoms with Crippen molar-refractivity contribution < 1.29 is 27.5 Å². The summed E-state index contributed by atoms with van der Waals surface area (Å²) in [4.78, 5) is 38.5. The van der Waals surface area contributed by atoms with Crippen molar-refractivity contribution >= 4 is 44.6 Å². The predicted octanol–water partition coefficient (Wildman–Crippen LogP) is 4.29. The molecule has 0 amide bonds. The number of anilines is 1. The maximum absolute atomic E-state index is 14.8. The van der Waals surface area contributed by atoms with Crippen molar-refractivity contribution in [1.29, 1.82) is 0 Å². The molecule has 4 aromatic heterocycles. The number of hydrogen-bond donors (Lipinski definition) is 4. The molecule has 1 aliphatic heterocycles. The Kier molecular flexibility index (Phi) is 8.08. The highest BCUT2D eigenvalue weighted by Crippen LogP contribution is 2.35. The maximum atomic E-state index is 14.8. The highest BCUT2D eigenvalue weighted by molar-refractivity contribution is 6.11. The van der Waals surface area contributed by atoms with Crippen LogP contribution in [0.5, 0.6) is 0 Å². The summed E-state index contributed by atoms with van der Waals surface area (Å²) in [5.74, 6) is -5.74. The van der Waals surface area contributed by atoms with Gasteiger partial charge in [-0.1, -0.05) is 0 Å². The highest BCUT2D eigenvalue weighted by atomic mass is 19.3. The number of benzene rings is 1. The van der Waals surface area contributed by atoms with Gasteiger partial charge in [0.25, 0.3) is 5.92 Å². The van der Waals surface area contributed by atoms with E-state index in [0.717, 1.165) is 6.07 Å². The van der Waals surface area contributed by atoms with E-state index < -0.39 is 29.0 Å². The second-order valence-electron chi connectivity index (χ2n) is 10.5. The number of halogens is 4. The number of fused-ring (bicyclic) bond motifs is 4. The summed E-state index contributed by atoms with van der Waals surface area (Å²) in [5, 5.41) is 15.5. The molecule has 5 heterocycles. The molecule has 1 fully saturated rings. The van der Waals surface area contributed by atoms with E-state index in [1.807, 2.05) is 19.0 Å². The first kappa shape index (κ1) is 29.9. The minimum atomic E-state index is -2.42. The number of nitrogens with zero attached hydrogens (tertiary/aromatic N) is 4. The van der Waals surface area contributed by atoms with Crippen LogP contribution in [0.2, 0.25) is 0 Å². The van der Waals surface area contributed by atoms with Gasteiger partial charge in [0.15, 0.2) is 11.6 Å². The molecule has 1 aliphatic rings. The van der Waals surface area contributed by atoms with Gasteiger partial charge in [-0.15, -0.1) is 0 Å². The van der Waals surface area contributed by atoms with E-state index in [1.165, 1.54) is 12.4 Å². The van der Waals surface area contributed by atoms with E-state index in [0.29, 0.717) is 58.6 Å². The van der Waals surface area contributed by atoms with Crippen molar-refractivity contribution in [2.45, 2.75) is 18.9 Å². The third-order valence-corrected chi connectivity index (χ3v) is 7.21. The van der Waals surface area contributed by atoms with Gasteiger partial charge in [0.2, 0.25) is 5.43 Å². The minimum Gasteiger partial charge on any atom is -0.477 e. The first-order chi connectivity index (χ1) is 20.4. The highest BCUT2D eigenvalue weighted by Gasteiger charge is 2.32. The number of rotatable bonds is 6. The van der Waals surface area contributed by atoms with E-state index in [4.69, 9.17) is 0 Å². The third-order valence-electron chi connectivity index (χ3n) is 7.21. The molecule has 43 heavy (non-hydrogen) atoms. The summed E-state index contributed by atoms with van der Waals surface area (Å²) in [5.41, 5.74) is 1.45. The Bertz CT molecular complexity index is 1910. The molecule has 10 nitrogen and oxygen atoms in total. The fraction of sp³-hybridized carbons (Fsp3) is 0.310. The molecule has 5 aromatic rings.